The van der Waals surface area contributed by atoms with Crippen LogP contribution in [-0.2, 0) is 14.8 Å². The molecule has 1 atom stereocenters. The number of rotatable bonds is 6. The SMILES string of the molecule is COCC1CCN(S(=O)(=O)CC2CCN(c3cc[nH]c4cnc5nccc5c34)CC2)C1. The number of piperidine rings is 1. The number of hydrogen-bond donors (Lipinski definition) is 1. The van der Waals surface area contributed by atoms with E-state index in [1.165, 1.54) is 0 Å². The zero-order chi connectivity index (χ0) is 21.4. The molecule has 5 rings (SSSR count). The molecule has 166 valence electrons. The van der Waals surface area contributed by atoms with Crippen molar-refractivity contribution in [3.8, 4) is 0 Å². The molecular weight excluding hydrogens is 414 g/mol. The number of fused-ring (bicyclic) bond motifs is 3. The van der Waals surface area contributed by atoms with E-state index in [9.17, 15) is 8.42 Å². The van der Waals surface area contributed by atoms with Crippen LogP contribution in [-0.4, -0.2) is 73.3 Å². The van der Waals surface area contributed by atoms with Crippen LogP contribution in [0.15, 0.2) is 30.7 Å². The average molecular weight is 444 g/mol. The zero-order valence-corrected chi connectivity index (χ0v) is 18.6. The second-order valence-corrected chi connectivity index (χ2v) is 10.8. The molecule has 2 aliphatic rings. The van der Waals surface area contributed by atoms with Crippen molar-refractivity contribution in [1.82, 2.24) is 19.3 Å². The molecule has 0 spiro atoms. The largest absolute Gasteiger partial charge is 0.384 e. The fourth-order valence-electron chi connectivity index (χ4n) is 5.07. The third-order valence-corrected chi connectivity index (χ3v) is 8.73. The Balaban J connectivity index is 1.28. The topological polar surface area (TPSA) is 91.4 Å². The number of pyridine rings is 2. The Morgan fingerprint density at radius 3 is 2.74 bits per heavy atom. The quantitative estimate of drug-likeness (QED) is 0.630. The molecule has 3 aromatic heterocycles. The maximum atomic E-state index is 12.9. The Labute approximate surface area is 182 Å². The first-order valence-corrected chi connectivity index (χ1v) is 12.6. The number of sulfonamides is 1. The third-order valence-electron chi connectivity index (χ3n) is 6.72. The Hall–Kier alpha value is -2.23. The van der Waals surface area contributed by atoms with E-state index >= 15 is 0 Å². The van der Waals surface area contributed by atoms with Gasteiger partial charge in [0.1, 0.15) is 0 Å². The number of anilines is 1. The normalized spacial score (nSPS) is 21.5. The van der Waals surface area contributed by atoms with Crippen molar-refractivity contribution in [3.05, 3.63) is 30.7 Å². The fourth-order valence-corrected chi connectivity index (χ4v) is 7.03. The van der Waals surface area contributed by atoms with Crippen LogP contribution in [0.3, 0.4) is 0 Å². The van der Waals surface area contributed by atoms with E-state index < -0.39 is 10.0 Å². The van der Waals surface area contributed by atoms with E-state index in [0.29, 0.717) is 25.6 Å². The van der Waals surface area contributed by atoms with Gasteiger partial charge >= 0.3 is 0 Å². The van der Waals surface area contributed by atoms with Gasteiger partial charge in [0, 0.05) is 62.1 Å². The van der Waals surface area contributed by atoms with Crippen LogP contribution in [0.1, 0.15) is 19.3 Å². The summed E-state index contributed by atoms with van der Waals surface area (Å²) < 4.78 is 32.8. The average Bonchev–Trinajstić information content (AvgIpc) is 3.44. The van der Waals surface area contributed by atoms with Gasteiger partial charge in [-0.1, -0.05) is 0 Å². The predicted molar refractivity (Wildman–Crippen MR) is 122 cm³/mol. The van der Waals surface area contributed by atoms with Gasteiger partial charge in [-0.2, -0.15) is 0 Å². The lowest BCUT2D eigenvalue weighted by molar-refractivity contribution is 0.157. The molecule has 5 heterocycles. The van der Waals surface area contributed by atoms with Crippen LogP contribution in [0.5, 0.6) is 0 Å². The van der Waals surface area contributed by atoms with Crippen LogP contribution in [0.4, 0.5) is 5.69 Å². The van der Waals surface area contributed by atoms with Gasteiger partial charge in [-0.25, -0.2) is 22.7 Å². The molecule has 3 aromatic rings. The van der Waals surface area contributed by atoms with E-state index in [1.54, 1.807) is 17.6 Å². The second kappa shape index (κ2) is 8.37. The summed E-state index contributed by atoms with van der Waals surface area (Å²) in [5, 5.41) is 2.19. The van der Waals surface area contributed by atoms with Gasteiger partial charge in [0.25, 0.3) is 0 Å². The van der Waals surface area contributed by atoms with Crippen molar-refractivity contribution in [2.24, 2.45) is 11.8 Å². The Morgan fingerprint density at radius 2 is 1.94 bits per heavy atom. The van der Waals surface area contributed by atoms with E-state index in [4.69, 9.17) is 4.74 Å². The van der Waals surface area contributed by atoms with Gasteiger partial charge < -0.3 is 14.6 Å². The number of methoxy groups -OCH3 is 1. The van der Waals surface area contributed by atoms with Crippen molar-refractivity contribution < 1.29 is 13.2 Å². The Bertz CT molecular complexity index is 1170. The first-order valence-electron chi connectivity index (χ1n) is 11.0. The lowest BCUT2D eigenvalue weighted by Crippen LogP contribution is -2.39. The van der Waals surface area contributed by atoms with Crippen LogP contribution in [0, 0.1) is 11.8 Å². The minimum absolute atomic E-state index is 0.201. The smallest absolute Gasteiger partial charge is 0.214 e. The van der Waals surface area contributed by atoms with E-state index in [1.807, 2.05) is 18.5 Å². The van der Waals surface area contributed by atoms with Crippen molar-refractivity contribution in [2.75, 3.05) is 50.5 Å². The number of H-pyrrole nitrogens is 1. The minimum Gasteiger partial charge on any atom is -0.384 e. The highest BCUT2D eigenvalue weighted by Gasteiger charge is 2.34. The molecule has 2 aliphatic heterocycles. The molecule has 1 N–H and O–H groups in total. The van der Waals surface area contributed by atoms with Crippen molar-refractivity contribution in [2.45, 2.75) is 19.3 Å². The highest BCUT2D eigenvalue weighted by atomic mass is 32.2. The molecule has 2 saturated heterocycles. The standard InChI is InChI=1S/C22H29N5O3S/c1-30-14-17-6-11-27(13-17)31(28,29)15-16-4-9-26(10-5-16)20-3-8-23-19-12-25-22-18(21(19)20)2-7-24-22/h2-3,7-8,12,16-17,23H,4-6,9-11,13-15H2,1H3. The number of hydrogen-bond acceptors (Lipinski definition) is 6. The van der Waals surface area contributed by atoms with E-state index in [0.717, 1.165) is 60.0 Å². The molecule has 0 aromatic carbocycles. The van der Waals surface area contributed by atoms with Crippen LogP contribution >= 0.6 is 0 Å². The van der Waals surface area contributed by atoms with Gasteiger partial charge in [0.2, 0.25) is 10.0 Å². The van der Waals surface area contributed by atoms with Gasteiger partial charge in [-0.15, -0.1) is 0 Å². The molecule has 0 aliphatic carbocycles. The van der Waals surface area contributed by atoms with E-state index in [-0.39, 0.29) is 11.7 Å². The summed E-state index contributed by atoms with van der Waals surface area (Å²) in [6.45, 7) is 3.56. The Kier molecular flexibility index (Phi) is 5.58. The molecule has 1 unspecified atom stereocenters. The van der Waals surface area contributed by atoms with Crippen molar-refractivity contribution in [3.63, 3.8) is 0 Å². The number of aromatic nitrogens is 3. The molecule has 2 fully saturated rings. The third kappa shape index (κ3) is 4.02. The molecular formula is C22H29N5O3S. The molecule has 0 amide bonds. The second-order valence-electron chi connectivity index (χ2n) is 8.77. The Morgan fingerprint density at radius 1 is 1.13 bits per heavy atom. The number of ether oxygens (including phenoxy) is 1. The lowest BCUT2D eigenvalue weighted by Gasteiger charge is -2.34. The van der Waals surface area contributed by atoms with Gasteiger partial charge in [-0.3, -0.25) is 0 Å². The monoisotopic (exact) mass is 443 g/mol. The maximum Gasteiger partial charge on any atom is 0.214 e. The summed E-state index contributed by atoms with van der Waals surface area (Å²) in [6, 6.07) is 4.11. The summed E-state index contributed by atoms with van der Waals surface area (Å²) in [5.41, 5.74) is 2.91. The summed E-state index contributed by atoms with van der Waals surface area (Å²) in [5.74, 6) is 0.776. The van der Waals surface area contributed by atoms with Gasteiger partial charge in [0.05, 0.1) is 24.1 Å². The molecule has 8 nitrogen and oxygen atoms in total. The van der Waals surface area contributed by atoms with Crippen LogP contribution < -0.4 is 4.90 Å². The summed E-state index contributed by atoms with van der Waals surface area (Å²) in [6.07, 6.45) is 8.22. The van der Waals surface area contributed by atoms with Gasteiger partial charge in [0.15, 0.2) is 5.65 Å². The molecule has 0 bridgehead atoms. The zero-order valence-electron chi connectivity index (χ0n) is 17.8. The molecule has 9 heteroatoms. The predicted octanol–water partition coefficient (Wildman–Crippen LogP) is 2.63. The van der Waals surface area contributed by atoms with Crippen LogP contribution in [0.25, 0.3) is 21.9 Å². The number of nitrogens with one attached hydrogen (secondary N) is 1. The maximum absolute atomic E-state index is 12.9. The van der Waals surface area contributed by atoms with E-state index in [2.05, 4.69) is 25.9 Å². The van der Waals surface area contributed by atoms with Crippen molar-refractivity contribution >= 4 is 37.6 Å². The first kappa shape index (κ1) is 20.7. The molecule has 0 saturated carbocycles. The summed E-state index contributed by atoms with van der Waals surface area (Å²) in [7, 11) is -1.54. The first-order chi connectivity index (χ1) is 15.0. The summed E-state index contributed by atoms with van der Waals surface area (Å²) >= 11 is 0. The van der Waals surface area contributed by atoms with Crippen LogP contribution in [0.2, 0.25) is 0 Å². The van der Waals surface area contributed by atoms with Gasteiger partial charge in [-0.05, 0) is 43.2 Å². The number of aromatic amines is 1. The highest BCUT2D eigenvalue weighted by molar-refractivity contribution is 7.89. The lowest BCUT2D eigenvalue weighted by atomic mass is 9.98. The molecule has 0 radical (unpaired) electrons. The molecule has 31 heavy (non-hydrogen) atoms. The fraction of sp³-hybridized carbons (Fsp3) is 0.545. The highest BCUT2D eigenvalue weighted by Crippen LogP contribution is 2.34. The number of nitrogens with zero attached hydrogens (tertiary/aromatic N) is 4. The van der Waals surface area contributed by atoms with Crippen molar-refractivity contribution in [1.29, 1.82) is 0 Å². The summed E-state index contributed by atoms with van der Waals surface area (Å²) in [4.78, 5) is 14.4. The minimum atomic E-state index is -3.21.